The zero-order valence-corrected chi connectivity index (χ0v) is 23.6. The third-order valence-electron chi connectivity index (χ3n) is 6.96. The van der Waals surface area contributed by atoms with Crippen LogP contribution in [0.1, 0.15) is 42.0 Å². The number of pyridine rings is 1. The molecule has 1 aromatic heterocycles. The molecular formula is C29H33N5O2S2. The summed E-state index contributed by atoms with van der Waals surface area (Å²) in [5.74, 6) is 0.607. The van der Waals surface area contributed by atoms with Crippen molar-refractivity contribution in [1.82, 2.24) is 14.4 Å². The fourth-order valence-electron chi connectivity index (χ4n) is 4.89. The van der Waals surface area contributed by atoms with Gasteiger partial charge in [0, 0.05) is 51.4 Å². The lowest BCUT2D eigenvalue weighted by Gasteiger charge is -2.38. The van der Waals surface area contributed by atoms with Crippen LogP contribution in [0.4, 0.5) is 5.82 Å². The Balaban J connectivity index is 1.75. The molecule has 0 unspecified atom stereocenters. The summed E-state index contributed by atoms with van der Waals surface area (Å²) in [6, 6.07) is 12.5. The number of rotatable bonds is 9. The van der Waals surface area contributed by atoms with E-state index in [1.54, 1.807) is 17.6 Å². The first-order chi connectivity index (χ1) is 18.4. The van der Waals surface area contributed by atoms with Gasteiger partial charge in [0.2, 0.25) is 0 Å². The smallest absolute Gasteiger partial charge is 0.270 e. The fraction of sp³-hybridized carbons (Fsp3) is 0.379. The van der Waals surface area contributed by atoms with Crippen LogP contribution in [0.25, 0.3) is 6.08 Å². The number of hydrogen-bond acceptors (Lipinski definition) is 7. The molecule has 2 aliphatic rings. The number of benzene rings is 1. The summed E-state index contributed by atoms with van der Waals surface area (Å²) in [6.07, 6.45) is 5.21. The zero-order chi connectivity index (χ0) is 27.2. The van der Waals surface area contributed by atoms with Crippen LogP contribution in [0.3, 0.4) is 0 Å². The number of piperazine rings is 1. The Morgan fingerprint density at radius 3 is 2.50 bits per heavy atom. The maximum absolute atomic E-state index is 13.5. The van der Waals surface area contributed by atoms with E-state index in [4.69, 9.17) is 12.2 Å². The molecule has 1 amide bonds. The van der Waals surface area contributed by atoms with Gasteiger partial charge in [0.15, 0.2) is 0 Å². The summed E-state index contributed by atoms with van der Waals surface area (Å²) in [5, 5.41) is 9.90. The maximum atomic E-state index is 13.5. The van der Waals surface area contributed by atoms with Crippen LogP contribution in [0, 0.1) is 18.3 Å². The van der Waals surface area contributed by atoms with E-state index in [0.29, 0.717) is 27.9 Å². The Morgan fingerprint density at radius 1 is 1.16 bits per heavy atom. The number of thioether (sulfide) groups is 1. The molecular weight excluding hydrogens is 514 g/mol. The molecule has 9 heteroatoms. The van der Waals surface area contributed by atoms with Gasteiger partial charge >= 0.3 is 0 Å². The van der Waals surface area contributed by atoms with Gasteiger partial charge in [0.05, 0.1) is 4.91 Å². The van der Waals surface area contributed by atoms with E-state index >= 15 is 0 Å². The quantitative estimate of drug-likeness (QED) is 0.259. The van der Waals surface area contributed by atoms with Crippen LogP contribution in [0.2, 0.25) is 0 Å². The average Bonchev–Trinajstić information content (AvgIpc) is 3.18. The predicted octanol–water partition coefficient (Wildman–Crippen LogP) is 4.54. The fourth-order valence-corrected chi connectivity index (χ4v) is 6.14. The summed E-state index contributed by atoms with van der Waals surface area (Å²) in [7, 11) is 0. The minimum Gasteiger partial charge on any atom is -0.355 e. The topological polar surface area (TPSA) is 72.6 Å². The van der Waals surface area contributed by atoms with E-state index in [0.717, 1.165) is 56.9 Å². The SMILES string of the molecule is C=CCN1C(=O)C(=Cc2c(C)c(C#N)c(=O)n(CCCC)c2N2CCN(Cc3ccccc3)CC2)SC1=S. The third-order valence-corrected chi connectivity index (χ3v) is 8.34. The maximum Gasteiger partial charge on any atom is 0.270 e. The number of nitrogens with zero attached hydrogens (tertiary/aromatic N) is 5. The van der Waals surface area contributed by atoms with Crippen molar-refractivity contribution in [1.29, 1.82) is 5.26 Å². The number of carbonyl (C=O) groups is 1. The highest BCUT2D eigenvalue weighted by atomic mass is 32.2. The zero-order valence-electron chi connectivity index (χ0n) is 22.0. The molecule has 0 radical (unpaired) electrons. The minimum atomic E-state index is -0.267. The lowest BCUT2D eigenvalue weighted by atomic mass is 10.0. The van der Waals surface area contributed by atoms with Crippen molar-refractivity contribution in [3.8, 4) is 6.07 Å². The first-order valence-electron chi connectivity index (χ1n) is 12.9. The Kier molecular flexibility index (Phi) is 9.21. The van der Waals surface area contributed by atoms with Crippen LogP contribution in [-0.2, 0) is 17.9 Å². The average molecular weight is 548 g/mol. The van der Waals surface area contributed by atoms with Gasteiger partial charge in [-0.1, -0.05) is 73.7 Å². The van der Waals surface area contributed by atoms with Gasteiger partial charge in [-0.25, -0.2) is 0 Å². The first-order valence-corrected chi connectivity index (χ1v) is 14.2. The molecule has 2 aliphatic heterocycles. The van der Waals surface area contributed by atoms with E-state index < -0.39 is 0 Å². The number of aromatic nitrogens is 1. The second kappa shape index (κ2) is 12.6. The molecule has 2 aromatic rings. The predicted molar refractivity (Wildman–Crippen MR) is 159 cm³/mol. The van der Waals surface area contributed by atoms with Gasteiger partial charge < -0.3 is 4.90 Å². The van der Waals surface area contributed by atoms with Gasteiger partial charge in [0.25, 0.3) is 11.5 Å². The number of amides is 1. The summed E-state index contributed by atoms with van der Waals surface area (Å²) < 4.78 is 2.23. The van der Waals surface area contributed by atoms with E-state index in [9.17, 15) is 14.9 Å². The first kappa shape index (κ1) is 27.8. The van der Waals surface area contributed by atoms with Crippen LogP contribution in [0.5, 0.6) is 0 Å². The summed E-state index contributed by atoms with van der Waals surface area (Å²) in [5.41, 5.74) is 2.47. The number of anilines is 1. The number of nitriles is 1. The Hall–Kier alpha value is -3.19. The van der Waals surface area contributed by atoms with E-state index in [2.05, 4.69) is 53.6 Å². The molecule has 38 heavy (non-hydrogen) atoms. The highest BCUT2D eigenvalue weighted by molar-refractivity contribution is 8.26. The number of unbranched alkanes of at least 4 members (excludes halogenated alkanes) is 1. The van der Waals surface area contributed by atoms with Crippen molar-refractivity contribution in [2.75, 3.05) is 37.6 Å². The highest BCUT2D eigenvalue weighted by Crippen LogP contribution is 2.36. The van der Waals surface area contributed by atoms with Crippen LogP contribution in [0.15, 0.2) is 52.7 Å². The molecule has 2 fully saturated rings. The molecule has 3 heterocycles. The van der Waals surface area contributed by atoms with Crippen LogP contribution in [-0.4, -0.2) is 57.3 Å². The standard InChI is InChI=1S/C29H33N5O2S2/c1-4-6-13-33-26(32-16-14-31(15-17-32)20-22-10-8-7-9-11-22)23(21(3)24(19-30)27(33)35)18-25-28(36)34(12-5-2)29(37)38-25/h5,7-11,18H,2,4,6,12-17,20H2,1,3H3. The van der Waals surface area contributed by atoms with Crippen molar-refractivity contribution in [3.05, 3.63) is 80.5 Å². The van der Waals surface area contributed by atoms with Crippen molar-refractivity contribution in [3.63, 3.8) is 0 Å². The second-order valence-electron chi connectivity index (χ2n) is 9.49. The molecule has 0 atom stereocenters. The third kappa shape index (κ3) is 5.78. The monoisotopic (exact) mass is 547 g/mol. The van der Waals surface area contributed by atoms with Gasteiger partial charge in [-0.3, -0.25) is 24.0 Å². The van der Waals surface area contributed by atoms with Crippen molar-refractivity contribution < 1.29 is 4.79 Å². The molecule has 0 bridgehead atoms. The molecule has 0 aliphatic carbocycles. The molecule has 1 aromatic carbocycles. The second-order valence-corrected chi connectivity index (χ2v) is 11.2. The van der Waals surface area contributed by atoms with Gasteiger partial charge in [-0.15, -0.1) is 6.58 Å². The molecule has 4 rings (SSSR count). The Morgan fingerprint density at radius 2 is 1.87 bits per heavy atom. The number of thiocarbonyl (C=S) groups is 1. The minimum absolute atomic E-state index is 0.125. The van der Waals surface area contributed by atoms with Crippen LogP contribution < -0.4 is 10.5 Å². The molecule has 198 valence electrons. The normalized spacial score (nSPS) is 17.3. The Bertz CT molecular complexity index is 1350. The molecule has 0 spiro atoms. The highest BCUT2D eigenvalue weighted by Gasteiger charge is 2.33. The van der Waals surface area contributed by atoms with Crippen LogP contribution >= 0.6 is 24.0 Å². The van der Waals surface area contributed by atoms with Crippen molar-refractivity contribution >= 4 is 46.1 Å². The van der Waals surface area contributed by atoms with E-state index in [1.165, 1.54) is 22.2 Å². The molecule has 2 saturated heterocycles. The molecule has 0 saturated carbocycles. The molecule has 0 N–H and O–H groups in total. The largest absolute Gasteiger partial charge is 0.355 e. The summed E-state index contributed by atoms with van der Waals surface area (Å²) in [4.78, 5) is 33.3. The number of hydrogen-bond donors (Lipinski definition) is 0. The molecule has 7 nitrogen and oxygen atoms in total. The van der Waals surface area contributed by atoms with E-state index in [-0.39, 0.29) is 17.0 Å². The van der Waals surface area contributed by atoms with Gasteiger partial charge in [-0.2, -0.15) is 5.26 Å². The van der Waals surface area contributed by atoms with Gasteiger partial charge in [0.1, 0.15) is 21.8 Å². The lowest BCUT2D eigenvalue weighted by molar-refractivity contribution is -0.121. The van der Waals surface area contributed by atoms with Gasteiger partial charge in [-0.05, 0) is 30.5 Å². The summed E-state index contributed by atoms with van der Waals surface area (Å²) in [6.45, 7) is 12.5. The number of carbonyl (C=O) groups excluding carboxylic acids is 1. The summed E-state index contributed by atoms with van der Waals surface area (Å²) >= 11 is 6.69. The lowest BCUT2D eigenvalue weighted by Crippen LogP contribution is -2.48. The van der Waals surface area contributed by atoms with Crippen molar-refractivity contribution in [2.45, 2.75) is 39.8 Å². The van der Waals surface area contributed by atoms with Crippen molar-refractivity contribution in [2.24, 2.45) is 0 Å². The Labute approximate surface area is 234 Å². The van der Waals surface area contributed by atoms with E-state index in [1.807, 2.05) is 12.1 Å².